The van der Waals surface area contributed by atoms with E-state index in [0.29, 0.717) is 17.4 Å². The molecule has 11 heteroatoms. The van der Waals surface area contributed by atoms with Crippen LogP contribution in [-0.4, -0.2) is 43.8 Å². The lowest BCUT2D eigenvalue weighted by Gasteiger charge is -2.15. The van der Waals surface area contributed by atoms with Crippen molar-refractivity contribution in [2.24, 2.45) is 13.0 Å². The molecule has 2 rings (SSSR count). The van der Waals surface area contributed by atoms with Gasteiger partial charge in [-0.3, -0.25) is 24.0 Å². The van der Waals surface area contributed by atoms with Crippen LogP contribution in [0.1, 0.15) is 19.7 Å². The van der Waals surface area contributed by atoms with Crippen molar-refractivity contribution in [2.45, 2.75) is 32.3 Å². The first kappa shape index (κ1) is 20.6. The van der Waals surface area contributed by atoms with Crippen LogP contribution in [0.4, 0.5) is 4.79 Å². The second-order valence-corrected chi connectivity index (χ2v) is 7.31. The van der Waals surface area contributed by atoms with Crippen molar-refractivity contribution < 1.29 is 9.59 Å². The van der Waals surface area contributed by atoms with E-state index < -0.39 is 23.2 Å². The number of nitrogens with one attached hydrogen (secondary N) is 2. The summed E-state index contributed by atoms with van der Waals surface area (Å²) in [6, 6.07) is -0.619. The summed E-state index contributed by atoms with van der Waals surface area (Å²) in [4.78, 5) is 56.8. The minimum absolute atomic E-state index is 0.120. The third kappa shape index (κ3) is 4.54. The molecular formula is C16H22N6O4S. The molecule has 0 aliphatic carbocycles. The molecule has 2 aromatic heterocycles. The van der Waals surface area contributed by atoms with E-state index in [1.165, 1.54) is 18.7 Å². The van der Waals surface area contributed by atoms with Crippen molar-refractivity contribution in [3.05, 3.63) is 26.7 Å². The van der Waals surface area contributed by atoms with Crippen LogP contribution in [0.5, 0.6) is 0 Å². The van der Waals surface area contributed by atoms with Gasteiger partial charge in [-0.1, -0.05) is 25.6 Å². The Morgan fingerprint density at radius 2 is 1.89 bits per heavy atom. The highest BCUT2D eigenvalue weighted by Gasteiger charge is 2.19. The molecule has 0 saturated carbocycles. The third-order valence-electron chi connectivity index (χ3n) is 3.63. The van der Waals surface area contributed by atoms with Gasteiger partial charge >= 0.3 is 11.7 Å². The molecule has 0 spiro atoms. The van der Waals surface area contributed by atoms with Gasteiger partial charge in [-0.25, -0.2) is 19.6 Å². The van der Waals surface area contributed by atoms with Crippen LogP contribution >= 0.6 is 11.8 Å². The Bertz CT molecular complexity index is 1010. The molecule has 27 heavy (non-hydrogen) atoms. The highest BCUT2D eigenvalue weighted by Crippen LogP contribution is 2.22. The number of carbonyl (C=O) groups excluding carboxylic acids is 2. The first-order chi connectivity index (χ1) is 12.6. The Labute approximate surface area is 159 Å². The number of aryl methyl sites for hydroxylation is 1. The van der Waals surface area contributed by atoms with Crippen LogP contribution in [0, 0.1) is 12.8 Å². The van der Waals surface area contributed by atoms with Crippen LogP contribution in [0.3, 0.4) is 0 Å². The molecule has 0 radical (unpaired) electrons. The van der Waals surface area contributed by atoms with E-state index in [-0.39, 0.29) is 22.7 Å². The van der Waals surface area contributed by atoms with Gasteiger partial charge in [-0.05, 0) is 12.8 Å². The Kier molecular flexibility index (Phi) is 6.37. The third-order valence-corrected chi connectivity index (χ3v) is 4.60. The first-order valence-corrected chi connectivity index (χ1v) is 9.26. The smallest absolute Gasteiger partial charge is 0.332 e. The van der Waals surface area contributed by atoms with Crippen LogP contribution in [0.15, 0.2) is 14.6 Å². The SMILES string of the molecule is CNC(=O)NC(=O)CSc1nc(C)nc2c1c(=O)n(C)c(=O)n2CC(C)C. The van der Waals surface area contributed by atoms with Crippen molar-refractivity contribution in [1.29, 1.82) is 0 Å². The van der Waals surface area contributed by atoms with Gasteiger partial charge in [-0.15, -0.1) is 0 Å². The maximum absolute atomic E-state index is 12.7. The zero-order chi connectivity index (χ0) is 20.3. The van der Waals surface area contributed by atoms with E-state index in [1.54, 1.807) is 6.92 Å². The Balaban J connectivity index is 2.56. The maximum atomic E-state index is 12.7. The number of hydrogen-bond donors (Lipinski definition) is 2. The number of hydrogen-bond acceptors (Lipinski definition) is 7. The van der Waals surface area contributed by atoms with Gasteiger partial charge in [0.25, 0.3) is 5.56 Å². The van der Waals surface area contributed by atoms with E-state index in [4.69, 9.17) is 0 Å². The van der Waals surface area contributed by atoms with Gasteiger partial charge in [0.1, 0.15) is 16.2 Å². The molecule has 2 heterocycles. The van der Waals surface area contributed by atoms with Gasteiger partial charge in [0.2, 0.25) is 5.91 Å². The van der Waals surface area contributed by atoms with E-state index in [0.717, 1.165) is 16.3 Å². The standard InChI is InChI=1S/C16H22N6O4S/c1-8(2)6-22-12-11(14(24)21(5)16(22)26)13(19-9(3)18-12)27-7-10(23)20-15(25)17-4/h8H,6-7H2,1-5H3,(H2,17,20,23,25). The fourth-order valence-corrected chi connectivity index (χ4v) is 3.29. The number of fused-ring (bicyclic) bond motifs is 1. The number of amides is 3. The van der Waals surface area contributed by atoms with Crippen LogP contribution in [0.2, 0.25) is 0 Å². The molecule has 0 aliphatic heterocycles. The number of thioether (sulfide) groups is 1. The number of imide groups is 1. The van der Waals surface area contributed by atoms with E-state index >= 15 is 0 Å². The summed E-state index contributed by atoms with van der Waals surface area (Å²) in [7, 11) is 2.79. The lowest BCUT2D eigenvalue weighted by molar-refractivity contribution is -0.117. The normalized spacial score (nSPS) is 11.0. The summed E-state index contributed by atoms with van der Waals surface area (Å²) in [5.41, 5.74) is -0.727. The fourth-order valence-electron chi connectivity index (χ4n) is 2.43. The molecule has 0 saturated heterocycles. The van der Waals surface area contributed by atoms with Crippen LogP contribution < -0.4 is 21.9 Å². The number of urea groups is 1. The molecule has 2 N–H and O–H groups in total. The second kappa shape index (κ2) is 8.33. The summed E-state index contributed by atoms with van der Waals surface area (Å²) in [6.07, 6.45) is 0. The molecule has 0 fully saturated rings. The molecule has 0 aliphatic rings. The number of rotatable bonds is 5. The molecule has 0 bridgehead atoms. The van der Waals surface area contributed by atoms with Crippen molar-refractivity contribution in [3.63, 3.8) is 0 Å². The lowest BCUT2D eigenvalue weighted by atomic mass is 10.2. The highest BCUT2D eigenvalue weighted by molar-refractivity contribution is 8.00. The molecule has 3 amide bonds. The van der Waals surface area contributed by atoms with Crippen LogP contribution in [-0.2, 0) is 18.4 Å². The average Bonchev–Trinajstić information content (AvgIpc) is 2.60. The molecular weight excluding hydrogens is 372 g/mol. The Morgan fingerprint density at radius 1 is 1.22 bits per heavy atom. The summed E-state index contributed by atoms with van der Waals surface area (Å²) in [5.74, 6) is -0.114. The van der Waals surface area contributed by atoms with Crippen molar-refractivity contribution in [3.8, 4) is 0 Å². The first-order valence-electron chi connectivity index (χ1n) is 8.28. The topological polar surface area (TPSA) is 128 Å². The largest absolute Gasteiger partial charge is 0.341 e. The number of carbonyl (C=O) groups is 2. The van der Waals surface area contributed by atoms with Gasteiger partial charge in [-0.2, -0.15) is 0 Å². The van der Waals surface area contributed by atoms with Crippen molar-refractivity contribution >= 4 is 34.7 Å². The number of nitrogens with zero attached hydrogens (tertiary/aromatic N) is 4. The van der Waals surface area contributed by atoms with Crippen LogP contribution in [0.25, 0.3) is 11.0 Å². The highest BCUT2D eigenvalue weighted by atomic mass is 32.2. The predicted octanol–water partition coefficient (Wildman–Crippen LogP) is 0.00232. The van der Waals surface area contributed by atoms with Gasteiger partial charge in [0.15, 0.2) is 5.65 Å². The molecule has 146 valence electrons. The zero-order valence-electron chi connectivity index (χ0n) is 15.8. The second-order valence-electron chi connectivity index (χ2n) is 6.34. The monoisotopic (exact) mass is 394 g/mol. The minimum atomic E-state index is -0.619. The van der Waals surface area contributed by atoms with Gasteiger partial charge < -0.3 is 5.32 Å². The summed E-state index contributed by atoms with van der Waals surface area (Å²) >= 11 is 1.01. The molecule has 0 unspecified atom stereocenters. The average molecular weight is 394 g/mol. The summed E-state index contributed by atoms with van der Waals surface area (Å²) in [6.45, 7) is 5.95. The van der Waals surface area contributed by atoms with Crippen molar-refractivity contribution in [1.82, 2.24) is 29.7 Å². The van der Waals surface area contributed by atoms with E-state index in [9.17, 15) is 19.2 Å². The maximum Gasteiger partial charge on any atom is 0.332 e. The fraction of sp³-hybridized carbons (Fsp3) is 0.500. The molecule has 0 aromatic carbocycles. The summed E-state index contributed by atoms with van der Waals surface area (Å²) < 4.78 is 2.46. The molecule has 10 nitrogen and oxygen atoms in total. The number of aromatic nitrogens is 4. The van der Waals surface area contributed by atoms with Gasteiger partial charge in [0, 0.05) is 20.6 Å². The predicted molar refractivity (Wildman–Crippen MR) is 102 cm³/mol. The van der Waals surface area contributed by atoms with E-state index in [1.807, 2.05) is 13.8 Å². The minimum Gasteiger partial charge on any atom is -0.341 e. The summed E-state index contributed by atoms with van der Waals surface area (Å²) in [5, 5.41) is 4.90. The quantitative estimate of drug-likeness (QED) is 0.540. The lowest BCUT2D eigenvalue weighted by Crippen LogP contribution is -2.40. The zero-order valence-corrected chi connectivity index (χ0v) is 16.6. The van der Waals surface area contributed by atoms with Crippen molar-refractivity contribution in [2.75, 3.05) is 12.8 Å². The molecule has 0 atom stereocenters. The van der Waals surface area contributed by atoms with Gasteiger partial charge in [0.05, 0.1) is 5.75 Å². The van der Waals surface area contributed by atoms with E-state index in [2.05, 4.69) is 20.6 Å². The molecule has 2 aromatic rings. The Hall–Kier alpha value is -2.69. The Morgan fingerprint density at radius 3 is 2.48 bits per heavy atom.